The Morgan fingerprint density at radius 1 is 1.20 bits per heavy atom. The van der Waals surface area contributed by atoms with Gasteiger partial charge in [-0.3, -0.25) is 0 Å². The van der Waals surface area contributed by atoms with Crippen LogP contribution in [-0.4, -0.2) is 12.8 Å². The quantitative estimate of drug-likeness (QED) is 0.482. The molecule has 0 aliphatic heterocycles. The Hall–Kier alpha value is -1.79. The fourth-order valence-corrected chi connectivity index (χ4v) is 0.841. The van der Waals surface area contributed by atoms with Crippen molar-refractivity contribution in [2.45, 2.75) is 6.18 Å². The molecule has 2 N–H and O–H groups in total. The fraction of sp³-hybridized carbons (Fsp3) is 0.250. The first-order valence-corrected chi connectivity index (χ1v) is 3.92. The summed E-state index contributed by atoms with van der Waals surface area (Å²) in [6.07, 6.45) is -4.34. The molecule has 0 atom stereocenters. The lowest BCUT2D eigenvalue weighted by molar-refractivity contribution is -0.153. The van der Waals surface area contributed by atoms with Gasteiger partial charge in [0.1, 0.15) is 5.75 Å². The van der Waals surface area contributed by atoms with Gasteiger partial charge >= 0.3 is 6.18 Å². The van der Waals surface area contributed by atoms with Crippen molar-refractivity contribution in [3.05, 3.63) is 24.3 Å². The summed E-state index contributed by atoms with van der Waals surface area (Å²) in [5, 5.41) is 6.51. The number of halogens is 3. The number of hydrogen-bond donors (Lipinski definition) is 1. The van der Waals surface area contributed by atoms with E-state index in [4.69, 9.17) is 5.84 Å². The Bertz CT molecular complexity index is 334. The van der Waals surface area contributed by atoms with Crippen LogP contribution in [0.25, 0.3) is 0 Å². The second kappa shape index (κ2) is 4.63. The summed E-state index contributed by atoms with van der Waals surface area (Å²) < 4.78 is 39.8. The number of nitrogens with zero attached hydrogens (tertiary/aromatic N) is 2. The number of ether oxygens (including phenoxy) is 1. The number of hydrogen-bond acceptors (Lipinski definition) is 3. The van der Waals surface area contributed by atoms with E-state index in [9.17, 15) is 13.2 Å². The van der Waals surface area contributed by atoms with Crippen molar-refractivity contribution in [1.82, 2.24) is 0 Å². The third-order valence-corrected chi connectivity index (χ3v) is 1.41. The minimum absolute atomic E-state index is 0.114. The molecule has 0 aliphatic carbocycles. The van der Waals surface area contributed by atoms with Crippen molar-refractivity contribution in [3.8, 4) is 5.75 Å². The molecule has 0 saturated carbocycles. The Morgan fingerprint density at radius 2 is 1.80 bits per heavy atom. The highest BCUT2D eigenvalue weighted by atomic mass is 19.4. The van der Waals surface area contributed by atoms with Crippen molar-refractivity contribution in [3.63, 3.8) is 0 Å². The van der Waals surface area contributed by atoms with E-state index in [2.05, 4.69) is 15.1 Å². The van der Waals surface area contributed by atoms with Gasteiger partial charge in [0, 0.05) is 0 Å². The molecular formula is C8H8F3N3O. The van der Waals surface area contributed by atoms with Crippen LogP contribution in [0.4, 0.5) is 18.9 Å². The van der Waals surface area contributed by atoms with E-state index >= 15 is 0 Å². The van der Waals surface area contributed by atoms with Crippen LogP contribution in [0.5, 0.6) is 5.75 Å². The molecule has 1 aromatic carbocycles. The highest BCUT2D eigenvalue weighted by Gasteiger charge is 2.28. The monoisotopic (exact) mass is 219 g/mol. The van der Waals surface area contributed by atoms with Crippen molar-refractivity contribution in [1.29, 1.82) is 0 Å². The van der Waals surface area contributed by atoms with Gasteiger partial charge in [0.25, 0.3) is 0 Å². The number of rotatable bonds is 3. The van der Waals surface area contributed by atoms with Crippen LogP contribution in [-0.2, 0) is 0 Å². The van der Waals surface area contributed by atoms with Crippen LogP contribution in [0.2, 0.25) is 0 Å². The number of benzene rings is 1. The van der Waals surface area contributed by atoms with Crippen molar-refractivity contribution in [2.75, 3.05) is 6.61 Å². The lowest BCUT2D eigenvalue weighted by Gasteiger charge is -2.08. The van der Waals surface area contributed by atoms with Gasteiger partial charge in [-0.15, -0.1) is 5.11 Å². The van der Waals surface area contributed by atoms with Crippen LogP contribution in [0.1, 0.15) is 0 Å². The third-order valence-electron chi connectivity index (χ3n) is 1.41. The first-order chi connectivity index (χ1) is 7.01. The van der Waals surface area contributed by atoms with Crippen molar-refractivity contribution < 1.29 is 17.9 Å². The van der Waals surface area contributed by atoms with Gasteiger partial charge in [0.2, 0.25) is 0 Å². The van der Waals surface area contributed by atoms with Crippen LogP contribution in [0.3, 0.4) is 0 Å². The smallest absolute Gasteiger partial charge is 0.422 e. The first kappa shape index (κ1) is 11.3. The zero-order valence-corrected chi connectivity index (χ0v) is 7.53. The second-order valence-electron chi connectivity index (χ2n) is 2.61. The summed E-state index contributed by atoms with van der Waals surface area (Å²) in [6.45, 7) is -1.31. The van der Waals surface area contributed by atoms with Crippen LogP contribution in [0.15, 0.2) is 34.6 Å². The molecule has 0 spiro atoms. The van der Waals surface area contributed by atoms with E-state index in [1.54, 1.807) is 0 Å². The third kappa shape index (κ3) is 4.30. The molecule has 0 unspecified atom stereocenters. The molecule has 0 aromatic heterocycles. The summed E-state index contributed by atoms with van der Waals surface area (Å²) in [7, 11) is 0. The van der Waals surface area contributed by atoms with Gasteiger partial charge in [-0.1, -0.05) is 5.22 Å². The Kier molecular flexibility index (Phi) is 3.48. The predicted molar refractivity (Wildman–Crippen MR) is 46.7 cm³/mol. The van der Waals surface area contributed by atoms with E-state index in [1.807, 2.05) is 0 Å². The molecule has 1 aromatic rings. The van der Waals surface area contributed by atoms with E-state index in [1.165, 1.54) is 24.3 Å². The van der Waals surface area contributed by atoms with E-state index < -0.39 is 12.8 Å². The molecule has 0 radical (unpaired) electrons. The Balaban J connectivity index is 2.57. The number of alkyl halides is 3. The molecule has 15 heavy (non-hydrogen) atoms. The predicted octanol–water partition coefficient (Wildman–Crippen LogP) is 2.59. The highest BCUT2D eigenvalue weighted by molar-refractivity contribution is 5.40. The first-order valence-electron chi connectivity index (χ1n) is 3.92. The maximum absolute atomic E-state index is 11.8. The Morgan fingerprint density at radius 3 is 2.27 bits per heavy atom. The van der Waals surface area contributed by atoms with Crippen LogP contribution in [0, 0.1) is 0 Å². The SMILES string of the molecule is NN=Nc1ccc(OCC(F)(F)F)cc1. The molecule has 0 saturated heterocycles. The van der Waals surface area contributed by atoms with Crippen LogP contribution >= 0.6 is 0 Å². The standard InChI is InChI=1S/C8H8F3N3O/c9-8(10,11)5-15-7-3-1-6(2-4-7)13-14-12/h1-4H,5H2,(H2,12,13). The normalized spacial score (nSPS) is 11.9. The fourth-order valence-electron chi connectivity index (χ4n) is 0.841. The zero-order valence-electron chi connectivity index (χ0n) is 7.53. The summed E-state index contributed by atoms with van der Waals surface area (Å²) >= 11 is 0. The molecule has 0 fully saturated rings. The number of nitrogens with two attached hydrogens (primary N) is 1. The van der Waals surface area contributed by atoms with E-state index in [0.29, 0.717) is 5.69 Å². The summed E-state index contributed by atoms with van der Waals surface area (Å²) in [5.74, 6) is 4.91. The summed E-state index contributed by atoms with van der Waals surface area (Å²) in [4.78, 5) is 0. The largest absolute Gasteiger partial charge is 0.484 e. The van der Waals surface area contributed by atoms with E-state index in [-0.39, 0.29) is 5.75 Å². The molecule has 0 aliphatic rings. The molecule has 1 rings (SSSR count). The Labute approximate surface area is 83.5 Å². The molecule has 0 amide bonds. The maximum Gasteiger partial charge on any atom is 0.422 e. The van der Waals surface area contributed by atoms with Gasteiger partial charge < -0.3 is 10.6 Å². The maximum atomic E-state index is 11.8. The lowest BCUT2D eigenvalue weighted by Crippen LogP contribution is -2.19. The highest BCUT2D eigenvalue weighted by Crippen LogP contribution is 2.21. The van der Waals surface area contributed by atoms with Gasteiger partial charge in [0.05, 0.1) is 5.69 Å². The molecular weight excluding hydrogens is 211 g/mol. The lowest BCUT2D eigenvalue weighted by atomic mass is 10.3. The molecule has 7 heteroatoms. The van der Waals surface area contributed by atoms with Gasteiger partial charge in [-0.2, -0.15) is 13.2 Å². The van der Waals surface area contributed by atoms with E-state index in [0.717, 1.165) is 0 Å². The minimum atomic E-state index is -4.34. The average molecular weight is 219 g/mol. The van der Waals surface area contributed by atoms with Crippen LogP contribution < -0.4 is 10.6 Å². The molecule has 0 bridgehead atoms. The van der Waals surface area contributed by atoms with Gasteiger partial charge in [0.15, 0.2) is 6.61 Å². The zero-order chi connectivity index (χ0) is 11.3. The summed E-state index contributed by atoms with van der Waals surface area (Å²) in [6, 6.07) is 5.61. The van der Waals surface area contributed by atoms with Crippen molar-refractivity contribution in [2.24, 2.45) is 16.2 Å². The van der Waals surface area contributed by atoms with Crippen molar-refractivity contribution >= 4 is 5.69 Å². The second-order valence-corrected chi connectivity index (χ2v) is 2.61. The molecule has 82 valence electrons. The molecule has 0 heterocycles. The topological polar surface area (TPSA) is 60.0 Å². The summed E-state index contributed by atoms with van der Waals surface area (Å²) in [5.41, 5.74) is 0.442. The minimum Gasteiger partial charge on any atom is -0.484 e. The van der Waals surface area contributed by atoms with Gasteiger partial charge in [-0.05, 0) is 24.3 Å². The molecule has 4 nitrogen and oxygen atoms in total. The van der Waals surface area contributed by atoms with Gasteiger partial charge in [-0.25, -0.2) is 0 Å². The average Bonchev–Trinajstić information content (AvgIpc) is 2.16.